The molecule has 1 saturated heterocycles. The molecule has 20 heavy (non-hydrogen) atoms. The Labute approximate surface area is 119 Å². The quantitative estimate of drug-likeness (QED) is 0.833. The number of carbonyl (C=O) groups excluding carboxylic acids is 1. The van der Waals surface area contributed by atoms with E-state index in [1.807, 2.05) is 4.90 Å². The third-order valence-corrected chi connectivity index (χ3v) is 5.43. The van der Waals surface area contributed by atoms with Crippen molar-refractivity contribution in [3.8, 4) is 0 Å². The van der Waals surface area contributed by atoms with E-state index in [1.54, 1.807) is 0 Å². The maximum absolute atomic E-state index is 12.6. The van der Waals surface area contributed by atoms with Crippen LogP contribution in [0.15, 0.2) is 0 Å². The summed E-state index contributed by atoms with van der Waals surface area (Å²) in [4.78, 5) is 25.5. The van der Waals surface area contributed by atoms with Gasteiger partial charge in [-0.1, -0.05) is 6.42 Å². The van der Waals surface area contributed by atoms with Crippen molar-refractivity contribution in [1.82, 2.24) is 10.2 Å². The first-order chi connectivity index (χ1) is 9.60. The van der Waals surface area contributed by atoms with Crippen LogP contribution in [0.25, 0.3) is 0 Å². The van der Waals surface area contributed by atoms with Crippen molar-refractivity contribution in [3.63, 3.8) is 0 Å². The monoisotopic (exact) mass is 280 g/mol. The summed E-state index contributed by atoms with van der Waals surface area (Å²) in [5.74, 6) is -0.145. The van der Waals surface area contributed by atoms with Gasteiger partial charge in [0.1, 0.15) is 0 Å². The lowest BCUT2D eigenvalue weighted by molar-refractivity contribution is -0.139. The third kappa shape index (κ3) is 2.50. The highest BCUT2D eigenvalue weighted by Crippen LogP contribution is 2.38. The fourth-order valence-corrected chi connectivity index (χ4v) is 4.24. The Kier molecular flexibility index (Phi) is 3.61. The van der Waals surface area contributed by atoms with Crippen molar-refractivity contribution in [3.05, 3.63) is 0 Å². The molecule has 2 atom stereocenters. The number of carboxylic acid groups (broad SMARTS) is 1. The minimum atomic E-state index is -0.817. The predicted molar refractivity (Wildman–Crippen MR) is 74.4 cm³/mol. The van der Waals surface area contributed by atoms with Gasteiger partial charge in [0, 0.05) is 12.6 Å². The van der Waals surface area contributed by atoms with E-state index in [2.05, 4.69) is 5.32 Å². The van der Waals surface area contributed by atoms with Gasteiger partial charge in [-0.25, -0.2) is 4.79 Å². The van der Waals surface area contributed by atoms with Crippen LogP contribution in [-0.2, 0) is 4.79 Å². The van der Waals surface area contributed by atoms with E-state index in [4.69, 9.17) is 5.11 Å². The van der Waals surface area contributed by atoms with Crippen LogP contribution < -0.4 is 5.32 Å². The number of rotatable bonds is 3. The maximum Gasteiger partial charge on any atom is 0.318 e. The molecular formula is C15H24N2O3. The highest BCUT2D eigenvalue weighted by molar-refractivity contribution is 5.77. The lowest BCUT2D eigenvalue weighted by Gasteiger charge is -2.45. The van der Waals surface area contributed by atoms with Gasteiger partial charge in [0.25, 0.3) is 0 Å². The molecule has 5 heteroatoms. The number of carbonyl (C=O) groups is 2. The largest absolute Gasteiger partial charge is 0.481 e. The molecule has 5 nitrogen and oxygen atoms in total. The Bertz CT molecular complexity index is 406. The molecule has 3 rings (SSSR count). The van der Waals surface area contributed by atoms with E-state index >= 15 is 0 Å². The topological polar surface area (TPSA) is 69.6 Å². The first-order valence-electron chi connectivity index (χ1n) is 7.90. The van der Waals surface area contributed by atoms with Gasteiger partial charge in [-0.2, -0.15) is 0 Å². The second-order valence-electron chi connectivity index (χ2n) is 6.73. The lowest BCUT2D eigenvalue weighted by atomic mass is 9.74. The lowest BCUT2D eigenvalue weighted by Crippen LogP contribution is -2.60. The average Bonchev–Trinajstić information content (AvgIpc) is 2.83. The Balaban J connectivity index is 1.64. The van der Waals surface area contributed by atoms with Crippen molar-refractivity contribution in [2.45, 2.75) is 69.4 Å². The van der Waals surface area contributed by atoms with Gasteiger partial charge >= 0.3 is 12.0 Å². The highest BCUT2D eigenvalue weighted by Gasteiger charge is 2.43. The summed E-state index contributed by atoms with van der Waals surface area (Å²) in [5, 5.41) is 12.1. The van der Waals surface area contributed by atoms with Crippen molar-refractivity contribution in [2.75, 3.05) is 6.54 Å². The van der Waals surface area contributed by atoms with E-state index in [0.717, 1.165) is 38.6 Å². The summed E-state index contributed by atoms with van der Waals surface area (Å²) in [6.45, 7) is 0.830. The minimum absolute atomic E-state index is 0.0254. The molecule has 2 N–H and O–H groups in total. The van der Waals surface area contributed by atoms with Gasteiger partial charge in [-0.15, -0.1) is 0 Å². The zero-order valence-corrected chi connectivity index (χ0v) is 11.9. The SMILES string of the molecule is O=C(O)CC1(NC(=O)N2CCCC3CCCC32)CCC1. The predicted octanol–water partition coefficient (Wildman–Crippen LogP) is 2.36. The van der Waals surface area contributed by atoms with Gasteiger partial charge in [0.2, 0.25) is 0 Å². The third-order valence-electron chi connectivity index (χ3n) is 5.43. The number of hydrogen-bond acceptors (Lipinski definition) is 2. The Morgan fingerprint density at radius 3 is 2.55 bits per heavy atom. The minimum Gasteiger partial charge on any atom is -0.481 e. The van der Waals surface area contributed by atoms with Crippen LogP contribution in [0.3, 0.4) is 0 Å². The number of aliphatic carboxylic acids is 1. The molecule has 2 amide bonds. The smallest absolute Gasteiger partial charge is 0.318 e. The van der Waals surface area contributed by atoms with Gasteiger partial charge in [0.15, 0.2) is 0 Å². The number of nitrogens with zero attached hydrogens (tertiary/aromatic N) is 1. The van der Waals surface area contributed by atoms with Gasteiger partial charge < -0.3 is 15.3 Å². The molecule has 0 aromatic rings. The Hall–Kier alpha value is -1.26. The maximum atomic E-state index is 12.6. The molecule has 1 heterocycles. The zero-order chi connectivity index (χ0) is 14.2. The van der Waals surface area contributed by atoms with Crippen molar-refractivity contribution >= 4 is 12.0 Å². The molecule has 112 valence electrons. The van der Waals surface area contributed by atoms with E-state index in [0.29, 0.717) is 12.0 Å². The fraction of sp³-hybridized carbons (Fsp3) is 0.867. The molecule has 2 aliphatic carbocycles. The normalized spacial score (nSPS) is 31.3. The summed E-state index contributed by atoms with van der Waals surface area (Å²) in [6.07, 6.45) is 8.58. The molecule has 0 radical (unpaired) electrons. The molecule has 2 unspecified atom stereocenters. The van der Waals surface area contributed by atoms with E-state index in [1.165, 1.54) is 19.3 Å². The number of hydrogen-bond donors (Lipinski definition) is 2. The van der Waals surface area contributed by atoms with Crippen molar-refractivity contribution in [2.24, 2.45) is 5.92 Å². The molecule has 3 aliphatic rings. The standard InChI is InChI=1S/C15H24N2O3/c18-13(19)10-15(7-3-8-15)16-14(20)17-9-2-5-11-4-1-6-12(11)17/h11-12H,1-10H2,(H,16,20)(H,18,19). The number of likely N-dealkylation sites (tertiary alicyclic amines) is 1. The zero-order valence-electron chi connectivity index (χ0n) is 11.9. The molecule has 0 aromatic carbocycles. The van der Waals surface area contributed by atoms with Gasteiger partial charge in [-0.3, -0.25) is 4.79 Å². The molecule has 0 aromatic heterocycles. The molecular weight excluding hydrogens is 256 g/mol. The van der Waals surface area contributed by atoms with E-state index in [-0.39, 0.29) is 12.5 Å². The summed E-state index contributed by atoms with van der Waals surface area (Å²) in [7, 11) is 0. The van der Waals surface area contributed by atoms with Crippen LogP contribution in [0.5, 0.6) is 0 Å². The van der Waals surface area contributed by atoms with E-state index in [9.17, 15) is 9.59 Å². The first kappa shape index (κ1) is 13.7. The Morgan fingerprint density at radius 2 is 1.90 bits per heavy atom. The molecule has 0 bridgehead atoms. The molecule has 3 fully saturated rings. The number of carboxylic acids is 1. The average molecular weight is 280 g/mol. The fourth-order valence-electron chi connectivity index (χ4n) is 4.24. The number of piperidine rings is 1. The first-order valence-corrected chi connectivity index (χ1v) is 7.90. The number of urea groups is 1. The van der Waals surface area contributed by atoms with Crippen LogP contribution in [0.1, 0.15) is 57.8 Å². The van der Waals surface area contributed by atoms with Crippen LogP contribution >= 0.6 is 0 Å². The second kappa shape index (κ2) is 5.26. The Morgan fingerprint density at radius 1 is 1.15 bits per heavy atom. The van der Waals surface area contributed by atoms with Gasteiger partial charge in [-0.05, 0) is 50.9 Å². The van der Waals surface area contributed by atoms with Crippen molar-refractivity contribution < 1.29 is 14.7 Å². The number of fused-ring (bicyclic) bond motifs is 1. The van der Waals surface area contributed by atoms with Crippen LogP contribution in [0, 0.1) is 5.92 Å². The number of nitrogens with one attached hydrogen (secondary N) is 1. The van der Waals surface area contributed by atoms with Gasteiger partial charge in [0.05, 0.1) is 12.0 Å². The summed E-state index contributed by atoms with van der Waals surface area (Å²) in [6, 6.07) is 0.369. The highest BCUT2D eigenvalue weighted by atomic mass is 16.4. The molecule has 1 aliphatic heterocycles. The number of amides is 2. The van der Waals surface area contributed by atoms with Crippen LogP contribution in [0.2, 0.25) is 0 Å². The van der Waals surface area contributed by atoms with Crippen LogP contribution in [-0.4, -0.2) is 40.1 Å². The summed E-state index contributed by atoms with van der Waals surface area (Å²) >= 11 is 0. The molecule has 2 saturated carbocycles. The molecule has 0 spiro atoms. The summed E-state index contributed by atoms with van der Waals surface area (Å²) in [5.41, 5.74) is -0.478. The van der Waals surface area contributed by atoms with Crippen molar-refractivity contribution in [1.29, 1.82) is 0 Å². The van der Waals surface area contributed by atoms with Crippen LogP contribution in [0.4, 0.5) is 4.79 Å². The summed E-state index contributed by atoms with van der Waals surface area (Å²) < 4.78 is 0. The second-order valence-corrected chi connectivity index (χ2v) is 6.73. The van der Waals surface area contributed by atoms with E-state index < -0.39 is 11.5 Å².